The third-order valence-corrected chi connectivity index (χ3v) is 6.59. The van der Waals surface area contributed by atoms with Gasteiger partial charge in [-0.3, -0.25) is 5.41 Å². The second kappa shape index (κ2) is 10.8. The van der Waals surface area contributed by atoms with Crippen molar-refractivity contribution in [3.05, 3.63) is 65.4 Å². The van der Waals surface area contributed by atoms with Crippen LogP contribution >= 0.6 is 23.7 Å². The van der Waals surface area contributed by atoms with Crippen molar-refractivity contribution in [3.63, 3.8) is 0 Å². The van der Waals surface area contributed by atoms with Gasteiger partial charge in [0.1, 0.15) is 5.75 Å². The molecule has 1 aliphatic rings. The van der Waals surface area contributed by atoms with Crippen LogP contribution in [0, 0.1) is 5.41 Å². The van der Waals surface area contributed by atoms with Gasteiger partial charge in [0, 0.05) is 35.5 Å². The van der Waals surface area contributed by atoms with Gasteiger partial charge in [-0.1, -0.05) is 28.6 Å². The molecule has 8 nitrogen and oxygen atoms in total. The van der Waals surface area contributed by atoms with Crippen LogP contribution in [0.1, 0.15) is 24.3 Å². The molecular formula is C24H22ClF3N6O2S. The first kappa shape index (κ1) is 26.4. The summed E-state index contributed by atoms with van der Waals surface area (Å²) in [4.78, 5) is 10.7. The molecule has 2 aromatic heterocycles. The molecule has 4 aromatic rings. The summed E-state index contributed by atoms with van der Waals surface area (Å²) in [6.07, 6.45) is -1.96. The maximum atomic E-state index is 12.8. The monoisotopic (exact) mass is 550 g/mol. The highest BCUT2D eigenvalue weighted by molar-refractivity contribution is 7.11. The third-order valence-electron chi connectivity index (χ3n) is 5.87. The SMILES string of the molecule is Cl.N=C(N)N1CCC[C@H]1Cc1nc(-c2ccc(Oc3nc(-c4ccc(C(F)(F)F)cc4)cs3)cc2)no1. The van der Waals surface area contributed by atoms with Crippen molar-refractivity contribution < 1.29 is 22.4 Å². The zero-order valence-electron chi connectivity index (χ0n) is 19.2. The number of guanidine groups is 1. The number of halogens is 4. The van der Waals surface area contributed by atoms with Crippen LogP contribution in [-0.2, 0) is 12.6 Å². The molecule has 37 heavy (non-hydrogen) atoms. The van der Waals surface area contributed by atoms with Gasteiger partial charge in [-0.15, -0.1) is 12.4 Å². The fraction of sp³-hybridized carbons (Fsp3) is 0.250. The smallest absolute Gasteiger partial charge is 0.416 e. The number of nitrogens with two attached hydrogens (primary N) is 1. The number of rotatable bonds is 6. The number of alkyl halides is 3. The van der Waals surface area contributed by atoms with E-state index in [0.717, 1.165) is 37.1 Å². The molecule has 0 bridgehead atoms. The number of nitrogens with one attached hydrogen (secondary N) is 1. The Morgan fingerprint density at radius 3 is 2.49 bits per heavy atom. The molecule has 3 heterocycles. The summed E-state index contributed by atoms with van der Waals surface area (Å²) in [5, 5.41) is 13.8. The second-order valence-corrected chi connectivity index (χ2v) is 9.11. The Morgan fingerprint density at radius 2 is 1.81 bits per heavy atom. The van der Waals surface area contributed by atoms with Crippen LogP contribution in [0.5, 0.6) is 10.9 Å². The Kier molecular flexibility index (Phi) is 7.69. The first-order chi connectivity index (χ1) is 17.3. The zero-order chi connectivity index (χ0) is 25.3. The highest BCUT2D eigenvalue weighted by Gasteiger charge is 2.30. The Morgan fingerprint density at radius 1 is 1.11 bits per heavy atom. The molecule has 0 radical (unpaired) electrons. The molecule has 0 saturated carbocycles. The molecular weight excluding hydrogens is 529 g/mol. The van der Waals surface area contributed by atoms with Crippen LogP contribution < -0.4 is 10.5 Å². The molecule has 1 atom stereocenters. The fourth-order valence-corrected chi connectivity index (χ4v) is 4.76. The van der Waals surface area contributed by atoms with E-state index in [1.54, 1.807) is 29.6 Å². The largest absolute Gasteiger partial charge is 0.431 e. The number of likely N-dealkylation sites (tertiary alicyclic amines) is 1. The van der Waals surface area contributed by atoms with Gasteiger partial charge in [0.25, 0.3) is 5.19 Å². The van der Waals surface area contributed by atoms with E-state index in [9.17, 15) is 13.2 Å². The first-order valence-electron chi connectivity index (χ1n) is 11.1. The van der Waals surface area contributed by atoms with E-state index < -0.39 is 11.7 Å². The topological polar surface area (TPSA) is 114 Å². The second-order valence-electron chi connectivity index (χ2n) is 8.29. The van der Waals surface area contributed by atoms with Crippen molar-refractivity contribution in [2.24, 2.45) is 5.73 Å². The van der Waals surface area contributed by atoms with Gasteiger partial charge < -0.3 is 19.9 Å². The highest BCUT2D eigenvalue weighted by atomic mass is 35.5. The number of hydrogen-bond donors (Lipinski definition) is 2. The van der Waals surface area contributed by atoms with Gasteiger partial charge in [-0.05, 0) is 49.2 Å². The molecule has 0 amide bonds. The predicted octanol–water partition coefficient (Wildman–Crippen LogP) is 5.99. The fourth-order valence-electron chi connectivity index (χ4n) is 4.06. The van der Waals surface area contributed by atoms with Gasteiger partial charge in [-0.2, -0.15) is 18.2 Å². The molecule has 1 saturated heterocycles. The Labute approximate surface area is 220 Å². The highest BCUT2D eigenvalue weighted by Crippen LogP contribution is 2.34. The van der Waals surface area contributed by atoms with Gasteiger partial charge in [0.15, 0.2) is 5.96 Å². The van der Waals surface area contributed by atoms with Crippen LogP contribution in [0.4, 0.5) is 13.2 Å². The lowest BCUT2D eigenvalue weighted by molar-refractivity contribution is -0.137. The van der Waals surface area contributed by atoms with Crippen molar-refractivity contribution in [1.29, 1.82) is 5.41 Å². The van der Waals surface area contributed by atoms with E-state index in [1.165, 1.54) is 23.5 Å². The lowest BCUT2D eigenvalue weighted by Crippen LogP contribution is -2.41. The number of benzene rings is 2. The van der Waals surface area contributed by atoms with E-state index in [1.807, 2.05) is 4.90 Å². The molecule has 5 rings (SSSR count). The summed E-state index contributed by atoms with van der Waals surface area (Å²) in [6.45, 7) is 0.757. The number of hydrogen-bond acceptors (Lipinski definition) is 7. The maximum Gasteiger partial charge on any atom is 0.416 e. The summed E-state index contributed by atoms with van der Waals surface area (Å²) in [7, 11) is 0. The summed E-state index contributed by atoms with van der Waals surface area (Å²) in [6, 6.07) is 12.0. The van der Waals surface area contributed by atoms with E-state index in [-0.39, 0.29) is 24.4 Å². The maximum absolute atomic E-state index is 12.8. The Hall–Kier alpha value is -3.64. The van der Waals surface area contributed by atoms with E-state index >= 15 is 0 Å². The van der Waals surface area contributed by atoms with Gasteiger partial charge in [0.2, 0.25) is 11.7 Å². The zero-order valence-corrected chi connectivity index (χ0v) is 20.9. The minimum absolute atomic E-state index is 0. The van der Waals surface area contributed by atoms with E-state index in [2.05, 4.69) is 15.1 Å². The molecule has 2 aromatic carbocycles. The third kappa shape index (κ3) is 6.03. The van der Waals surface area contributed by atoms with Gasteiger partial charge >= 0.3 is 6.18 Å². The predicted molar refractivity (Wildman–Crippen MR) is 135 cm³/mol. The molecule has 1 fully saturated rings. The summed E-state index contributed by atoms with van der Waals surface area (Å²) < 4.78 is 49.5. The molecule has 1 aliphatic heterocycles. The van der Waals surface area contributed by atoms with Crippen molar-refractivity contribution in [1.82, 2.24) is 20.0 Å². The minimum Gasteiger partial charge on any atom is -0.431 e. The first-order valence-corrected chi connectivity index (χ1v) is 12.0. The van der Waals surface area contributed by atoms with Gasteiger partial charge in [-0.25, -0.2) is 4.98 Å². The lowest BCUT2D eigenvalue weighted by atomic mass is 10.1. The Bertz CT molecular complexity index is 1360. The summed E-state index contributed by atoms with van der Waals surface area (Å²) in [5.74, 6) is 1.53. The van der Waals surface area contributed by atoms with Crippen molar-refractivity contribution in [2.45, 2.75) is 31.5 Å². The molecule has 0 spiro atoms. The van der Waals surface area contributed by atoms with Crippen LogP contribution in [0.2, 0.25) is 0 Å². The number of aromatic nitrogens is 3. The van der Waals surface area contributed by atoms with E-state index in [0.29, 0.717) is 40.3 Å². The van der Waals surface area contributed by atoms with Crippen molar-refractivity contribution >= 4 is 29.7 Å². The van der Waals surface area contributed by atoms with Crippen molar-refractivity contribution in [3.8, 4) is 33.6 Å². The number of nitrogens with zero attached hydrogens (tertiary/aromatic N) is 4. The Balaban J connectivity index is 0.00000320. The quantitative estimate of drug-likeness (QED) is 0.224. The standard InChI is InChI=1S/C24H21F3N6O2S.ClH/c25-24(26,27)16-7-3-14(4-8-16)19-13-36-23(30-19)34-18-9-5-15(6-10-18)21-31-20(35-32-21)12-17-2-1-11-33(17)22(28)29;/h3-10,13,17H,1-2,11-12H2,(H3,28,29);1H/t17-;/m0./s1. The average Bonchev–Trinajstić information content (AvgIpc) is 3.61. The molecule has 13 heteroatoms. The lowest BCUT2D eigenvalue weighted by Gasteiger charge is -2.23. The van der Waals surface area contributed by atoms with Gasteiger partial charge in [0.05, 0.1) is 11.3 Å². The van der Waals surface area contributed by atoms with E-state index in [4.69, 9.17) is 20.4 Å². The summed E-state index contributed by atoms with van der Waals surface area (Å²) >= 11 is 1.25. The van der Waals surface area contributed by atoms with Crippen LogP contribution in [0.3, 0.4) is 0 Å². The summed E-state index contributed by atoms with van der Waals surface area (Å²) in [5.41, 5.74) is 6.79. The number of ether oxygens (including phenoxy) is 1. The van der Waals surface area contributed by atoms with Crippen LogP contribution in [0.15, 0.2) is 58.4 Å². The van der Waals surface area contributed by atoms with Crippen molar-refractivity contribution in [2.75, 3.05) is 6.54 Å². The molecule has 194 valence electrons. The molecule has 3 N–H and O–H groups in total. The average molecular weight is 551 g/mol. The molecule has 0 aliphatic carbocycles. The number of thiazole rings is 1. The van der Waals surface area contributed by atoms with Crippen LogP contribution in [0.25, 0.3) is 22.6 Å². The molecule has 0 unspecified atom stereocenters. The normalized spacial score (nSPS) is 15.4. The van der Waals surface area contributed by atoms with Crippen LogP contribution in [-0.4, -0.2) is 38.6 Å². The minimum atomic E-state index is -4.38.